The minimum absolute atomic E-state index is 0.383. The fourth-order valence-electron chi connectivity index (χ4n) is 0.692. The second-order valence-corrected chi connectivity index (χ2v) is 2.44. The summed E-state index contributed by atoms with van der Waals surface area (Å²) in [4.78, 5) is 4.62. The van der Waals surface area contributed by atoms with Gasteiger partial charge in [-0.3, -0.25) is 0 Å². The average Bonchev–Trinajstić information content (AvgIpc) is 2.04. The summed E-state index contributed by atoms with van der Waals surface area (Å²) in [5.41, 5.74) is 0.989. The first-order valence-corrected chi connectivity index (χ1v) is 3.47. The zero-order valence-electron chi connectivity index (χ0n) is 5.83. The Morgan fingerprint density at radius 1 is 1.36 bits per heavy atom. The first-order chi connectivity index (χ1) is 5.33. The highest BCUT2D eigenvalue weighted by Gasteiger charge is 1.91. The first-order valence-electron chi connectivity index (χ1n) is 3.09. The normalized spacial score (nSPS) is 9.18. The molecule has 2 nitrogen and oxygen atoms in total. The molecule has 0 aliphatic heterocycles. The van der Waals surface area contributed by atoms with E-state index < -0.39 is 0 Å². The van der Waals surface area contributed by atoms with Crippen molar-refractivity contribution < 1.29 is 4.84 Å². The molecule has 0 amide bonds. The smallest absolute Gasteiger partial charge is 0.142 e. The van der Waals surface area contributed by atoms with Gasteiger partial charge in [0.15, 0.2) is 0 Å². The van der Waals surface area contributed by atoms with Gasteiger partial charge in [0.1, 0.15) is 6.61 Å². The lowest BCUT2D eigenvalue weighted by atomic mass is 10.2. The first kappa shape index (κ1) is 8.08. The predicted molar refractivity (Wildman–Crippen MR) is 44.7 cm³/mol. The molecule has 57 valence electrons. The molecule has 11 heavy (non-hydrogen) atoms. The average molecular weight is 169 g/mol. The van der Waals surface area contributed by atoms with Crippen molar-refractivity contribution >= 4 is 18.3 Å². The summed E-state index contributed by atoms with van der Waals surface area (Å²) < 4.78 is 0. The van der Waals surface area contributed by atoms with Gasteiger partial charge in [0, 0.05) is 5.02 Å². The van der Waals surface area contributed by atoms with Crippen LogP contribution >= 0.6 is 11.6 Å². The van der Waals surface area contributed by atoms with Crippen LogP contribution in [-0.4, -0.2) is 6.72 Å². The summed E-state index contributed by atoms with van der Waals surface area (Å²) in [6, 6.07) is 7.29. The molecule has 0 fully saturated rings. The molecule has 0 saturated heterocycles. The Hall–Kier alpha value is -1.02. The number of nitrogens with zero attached hydrogens (tertiary/aromatic N) is 1. The van der Waals surface area contributed by atoms with Gasteiger partial charge in [0.25, 0.3) is 0 Å². The highest BCUT2D eigenvalue weighted by atomic mass is 35.5. The van der Waals surface area contributed by atoms with Gasteiger partial charge in [0.2, 0.25) is 0 Å². The SMILES string of the molecule is [CH]=NOCc1ccc(Cl)cc1. The second-order valence-electron chi connectivity index (χ2n) is 2.01. The van der Waals surface area contributed by atoms with Crippen molar-refractivity contribution in [2.45, 2.75) is 6.61 Å². The molecule has 1 rings (SSSR count). The van der Waals surface area contributed by atoms with Gasteiger partial charge in [-0.15, -0.1) is 0 Å². The summed E-state index contributed by atoms with van der Waals surface area (Å²) >= 11 is 5.66. The summed E-state index contributed by atoms with van der Waals surface area (Å²) in [6.45, 7) is 5.17. The van der Waals surface area contributed by atoms with E-state index in [0.717, 1.165) is 5.56 Å². The van der Waals surface area contributed by atoms with E-state index in [1.165, 1.54) is 0 Å². The molecule has 0 aromatic heterocycles. The second kappa shape index (κ2) is 3.98. The van der Waals surface area contributed by atoms with Crippen LogP contribution in [0.2, 0.25) is 5.02 Å². The van der Waals surface area contributed by atoms with Crippen molar-refractivity contribution in [3.05, 3.63) is 34.9 Å². The van der Waals surface area contributed by atoms with Gasteiger partial charge in [0.05, 0.1) is 6.72 Å². The Morgan fingerprint density at radius 3 is 2.55 bits per heavy atom. The van der Waals surface area contributed by atoms with Crippen LogP contribution in [0, 0.1) is 0 Å². The highest BCUT2D eigenvalue weighted by Crippen LogP contribution is 2.09. The fraction of sp³-hybridized carbons (Fsp3) is 0.125. The van der Waals surface area contributed by atoms with Crippen molar-refractivity contribution in [1.82, 2.24) is 0 Å². The molecule has 0 aliphatic carbocycles. The third kappa shape index (κ3) is 2.60. The molecule has 0 heterocycles. The zero-order valence-corrected chi connectivity index (χ0v) is 6.58. The Balaban J connectivity index is 2.58. The summed E-state index contributed by atoms with van der Waals surface area (Å²) in [5, 5.41) is 3.73. The Morgan fingerprint density at radius 2 is 2.00 bits per heavy atom. The molecule has 0 unspecified atom stereocenters. The molecule has 0 saturated carbocycles. The van der Waals surface area contributed by atoms with Gasteiger partial charge < -0.3 is 4.84 Å². The molecule has 0 N–H and O–H groups in total. The highest BCUT2D eigenvalue weighted by molar-refractivity contribution is 6.30. The topological polar surface area (TPSA) is 21.6 Å². The third-order valence-electron chi connectivity index (χ3n) is 1.22. The van der Waals surface area contributed by atoms with E-state index in [9.17, 15) is 0 Å². The van der Waals surface area contributed by atoms with Crippen molar-refractivity contribution in [3.8, 4) is 0 Å². The minimum atomic E-state index is 0.383. The third-order valence-corrected chi connectivity index (χ3v) is 1.47. The molecule has 0 atom stereocenters. The number of hydrogen-bond acceptors (Lipinski definition) is 2. The Bertz CT molecular complexity index is 232. The van der Waals surface area contributed by atoms with Gasteiger partial charge in [-0.1, -0.05) is 28.9 Å². The maximum absolute atomic E-state index is 5.66. The quantitative estimate of drug-likeness (QED) is 0.502. The lowest BCUT2D eigenvalue weighted by Crippen LogP contribution is -1.84. The van der Waals surface area contributed by atoms with E-state index >= 15 is 0 Å². The molecular formula is C8H7ClNO. The molecule has 1 aromatic rings. The van der Waals surface area contributed by atoms with Gasteiger partial charge in [-0.2, -0.15) is 0 Å². The predicted octanol–water partition coefficient (Wildman–Crippen LogP) is 2.35. The molecule has 1 radical (unpaired) electrons. The Kier molecular flexibility index (Phi) is 2.93. The van der Waals surface area contributed by atoms with Crippen LogP contribution in [0.15, 0.2) is 29.4 Å². The number of hydrogen-bond donors (Lipinski definition) is 0. The molecule has 1 aromatic carbocycles. The maximum Gasteiger partial charge on any atom is 0.142 e. The lowest BCUT2D eigenvalue weighted by molar-refractivity contribution is 0.133. The summed E-state index contributed by atoms with van der Waals surface area (Å²) in [5.74, 6) is 0. The largest absolute Gasteiger partial charge is 0.391 e. The summed E-state index contributed by atoms with van der Waals surface area (Å²) in [7, 11) is 0. The van der Waals surface area contributed by atoms with Crippen LogP contribution in [0.1, 0.15) is 5.56 Å². The maximum atomic E-state index is 5.66. The lowest BCUT2D eigenvalue weighted by Gasteiger charge is -1.97. The van der Waals surface area contributed by atoms with E-state index in [1.54, 1.807) is 12.1 Å². The molecule has 0 spiro atoms. The van der Waals surface area contributed by atoms with Gasteiger partial charge in [-0.25, -0.2) is 0 Å². The molecule has 3 heteroatoms. The van der Waals surface area contributed by atoms with E-state index in [4.69, 9.17) is 18.3 Å². The van der Waals surface area contributed by atoms with Crippen molar-refractivity contribution in [1.29, 1.82) is 0 Å². The number of halogens is 1. The zero-order chi connectivity index (χ0) is 8.10. The van der Waals surface area contributed by atoms with E-state index in [1.807, 2.05) is 12.1 Å². The standard InChI is InChI=1S/C8H7ClNO/c1-10-11-6-7-2-4-8(9)5-3-7/h1-5H,6H2. The van der Waals surface area contributed by atoms with Crippen LogP contribution < -0.4 is 0 Å². The number of rotatable bonds is 3. The van der Waals surface area contributed by atoms with Crippen molar-refractivity contribution in [3.63, 3.8) is 0 Å². The monoisotopic (exact) mass is 168 g/mol. The van der Waals surface area contributed by atoms with Crippen LogP contribution in [0.3, 0.4) is 0 Å². The number of benzene rings is 1. The van der Waals surface area contributed by atoms with Crippen LogP contribution in [0.5, 0.6) is 0 Å². The van der Waals surface area contributed by atoms with Crippen molar-refractivity contribution in [2.24, 2.45) is 5.16 Å². The minimum Gasteiger partial charge on any atom is -0.391 e. The van der Waals surface area contributed by atoms with E-state index in [2.05, 4.69) is 9.99 Å². The van der Waals surface area contributed by atoms with Gasteiger partial charge in [-0.05, 0) is 17.7 Å². The Labute approximate surface area is 70.4 Å². The van der Waals surface area contributed by atoms with E-state index in [0.29, 0.717) is 11.6 Å². The van der Waals surface area contributed by atoms with Gasteiger partial charge >= 0.3 is 0 Å². The molecule has 0 aliphatic rings. The molecular weight excluding hydrogens is 162 g/mol. The van der Waals surface area contributed by atoms with Crippen LogP contribution in [0.25, 0.3) is 0 Å². The summed E-state index contributed by atoms with van der Waals surface area (Å²) in [6.07, 6.45) is 0. The molecule has 0 bridgehead atoms. The van der Waals surface area contributed by atoms with E-state index in [-0.39, 0.29) is 0 Å². The van der Waals surface area contributed by atoms with Crippen LogP contribution in [-0.2, 0) is 11.4 Å². The van der Waals surface area contributed by atoms with Crippen LogP contribution in [0.4, 0.5) is 0 Å². The van der Waals surface area contributed by atoms with Crippen molar-refractivity contribution in [2.75, 3.05) is 0 Å². The fourth-order valence-corrected chi connectivity index (χ4v) is 0.818.